The molecule has 1 amide bonds. The van der Waals surface area contributed by atoms with Gasteiger partial charge in [-0.2, -0.15) is 0 Å². The Balaban J connectivity index is 2.18. The van der Waals surface area contributed by atoms with Crippen LogP contribution in [0.25, 0.3) is 0 Å². The lowest BCUT2D eigenvalue weighted by atomic mass is 10.0. The molecule has 3 heteroatoms. The maximum atomic E-state index is 11.6. The highest BCUT2D eigenvalue weighted by atomic mass is 16.1. The summed E-state index contributed by atoms with van der Waals surface area (Å²) in [4.78, 5) is 11.6. The van der Waals surface area contributed by atoms with Gasteiger partial charge in [0.05, 0.1) is 0 Å². The van der Waals surface area contributed by atoms with Crippen molar-refractivity contribution < 1.29 is 4.79 Å². The molecule has 0 heterocycles. The van der Waals surface area contributed by atoms with E-state index in [-0.39, 0.29) is 11.9 Å². The minimum absolute atomic E-state index is 0.0608. The van der Waals surface area contributed by atoms with E-state index >= 15 is 0 Å². The minimum Gasteiger partial charge on any atom is -0.355 e. The van der Waals surface area contributed by atoms with Crippen LogP contribution >= 0.6 is 0 Å². The van der Waals surface area contributed by atoms with Gasteiger partial charge < -0.3 is 11.1 Å². The quantitative estimate of drug-likeness (QED) is 0.776. The monoisotopic (exact) mass is 248 g/mol. The number of hydrogen-bond donors (Lipinski definition) is 2. The van der Waals surface area contributed by atoms with E-state index in [9.17, 15) is 4.79 Å². The van der Waals surface area contributed by atoms with E-state index in [1.807, 2.05) is 30.3 Å². The Morgan fingerprint density at radius 1 is 1.28 bits per heavy atom. The van der Waals surface area contributed by atoms with E-state index in [1.165, 1.54) is 5.56 Å². The van der Waals surface area contributed by atoms with E-state index < -0.39 is 0 Å². The Morgan fingerprint density at radius 2 is 1.94 bits per heavy atom. The lowest BCUT2D eigenvalue weighted by molar-refractivity contribution is -0.121. The van der Waals surface area contributed by atoms with Crippen molar-refractivity contribution in [3.8, 4) is 0 Å². The van der Waals surface area contributed by atoms with Gasteiger partial charge in [0.25, 0.3) is 0 Å². The lowest BCUT2D eigenvalue weighted by Crippen LogP contribution is -2.38. The Morgan fingerprint density at radius 3 is 2.56 bits per heavy atom. The van der Waals surface area contributed by atoms with Crippen molar-refractivity contribution in [2.45, 2.75) is 39.2 Å². The van der Waals surface area contributed by atoms with Crippen molar-refractivity contribution in [3.05, 3.63) is 35.9 Å². The molecule has 100 valence electrons. The number of nitrogens with two attached hydrogens (primary N) is 1. The summed E-state index contributed by atoms with van der Waals surface area (Å²) in [6, 6.07) is 10.1. The third-order valence-electron chi connectivity index (χ3n) is 2.82. The summed E-state index contributed by atoms with van der Waals surface area (Å²) in [5.74, 6) is 0.652. The van der Waals surface area contributed by atoms with Crippen LogP contribution in [0.15, 0.2) is 30.3 Å². The highest BCUT2D eigenvalue weighted by molar-refractivity contribution is 5.76. The molecule has 1 atom stereocenters. The molecular weight excluding hydrogens is 224 g/mol. The number of aryl methyl sites for hydroxylation is 1. The second-order valence-corrected chi connectivity index (χ2v) is 5.18. The molecule has 0 aliphatic rings. The van der Waals surface area contributed by atoms with E-state index in [2.05, 4.69) is 19.2 Å². The fourth-order valence-electron chi connectivity index (χ4n) is 1.92. The van der Waals surface area contributed by atoms with Crippen molar-refractivity contribution >= 4 is 5.91 Å². The first kappa shape index (κ1) is 14.7. The van der Waals surface area contributed by atoms with Crippen molar-refractivity contribution in [2.24, 2.45) is 11.7 Å². The van der Waals surface area contributed by atoms with Gasteiger partial charge in [0.2, 0.25) is 5.91 Å². The van der Waals surface area contributed by atoms with Gasteiger partial charge in [0, 0.05) is 19.0 Å². The number of benzene rings is 1. The highest BCUT2D eigenvalue weighted by Crippen LogP contribution is 2.03. The Labute approximate surface area is 110 Å². The predicted molar refractivity (Wildman–Crippen MR) is 75.2 cm³/mol. The summed E-state index contributed by atoms with van der Waals surface area (Å²) in [5, 5.41) is 2.89. The second-order valence-electron chi connectivity index (χ2n) is 5.18. The Hall–Kier alpha value is -1.35. The van der Waals surface area contributed by atoms with Gasteiger partial charge in [-0.25, -0.2) is 0 Å². The number of rotatable bonds is 7. The molecule has 0 aromatic heterocycles. The standard InChI is InChI=1S/C15H24N2O/c1-12(2)10-14(16)11-17-15(18)9-8-13-6-4-3-5-7-13/h3-7,12,14H,8-11,16H2,1-2H3,(H,17,18). The number of nitrogens with one attached hydrogen (secondary N) is 1. The molecule has 0 aliphatic heterocycles. The molecule has 3 N–H and O–H groups in total. The second kappa shape index (κ2) is 7.88. The topological polar surface area (TPSA) is 55.1 Å². The molecule has 0 saturated carbocycles. The molecule has 0 spiro atoms. The van der Waals surface area contributed by atoms with Crippen LogP contribution in [0.1, 0.15) is 32.3 Å². The summed E-state index contributed by atoms with van der Waals surface area (Å²) in [6.45, 7) is 4.85. The number of carbonyl (C=O) groups excluding carboxylic acids is 1. The molecule has 0 saturated heterocycles. The van der Waals surface area contributed by atoms with Crippen LogP contribution in [-0.2, 0) is 11.2 Å². The van der Waals surface area contributed by atoms with Crippen LogP contribution in [0, 0.1) is 5.92 Å². The summed E-state index contributed by atoms with van der Waals surface area (Å²) in [6.07, 6.45) is 2.25. The largest absolute Gasteiger partial charge is 0.355 e. The zero-order valence-electron chi connectivity index (χ0n) is 11.4. The van der Waals surface area contributed by atoms with E-state index in [0.717, 1.165) is 12.8 Å². The smallest absolute Gasteiger partial charge is 0.220 e. The summed E-state index contributed by atoms with van der Waals surface area (Å²) >= 11 is 0. The van der Waals surface area contributed by atoms with E-state index in [1.54, 1.807) is 0 Å². The van der Waals surface area contributed by atoms with Crippen molar-refractivity contribution in [1.29, 1.82) is 0 Å². The molecule has 1 aromatic rings. The SMILES string of the molecule is CC(C)CC(N)CNC(=O)CCc1ccccc1. The molecule has 0 bridgehead atoms. The van der Waals surface area contributed by atoms with Crippen LogP contribution in [0.3, 0.4) is 0 Å². The van der Waals surface area contributed by atoms with Crippen molar-refractivity contribution in [2.75, 3.05) is 6.54 Å². The third kappa shape index (κ3) is 6.40. The molecule has 0 aliphatic carbocycles. The molecule has 3 nitrogen and oxygen atoms in total. The summed E-state index contributed by atoms with van der Waals surface area (Å²) in [7, 11) is 0. The zero-order valence-corrected chi connectivity index (χ0v) is 11.4. The number of hydrogen-bond acceptors (Lipinski definition) is 2. The number of carbonyl (C=O) groups is 1. The van der Waals surface area contributed by atoms with Gasteiger partial charge in [-0.3, -0.25) is 4.79 Å². The zero-order chi connectivity index (χ0) is 13.4. The summed E-state index contributed by atoms with van der Waals surface area (Å²) < 4.78 is 0. The molecule has 0 fully saturated rings. The first-order chi connectivity index (χ1) is 8.58. The third-order valence-corrected chi connectivity index (χ3v) is 2.82. The van der Waals surface area contributed by atoms with Gasteiger partial charge in [-0.15, -0.1) is 0 Å². The van der Waals surface area contributed by atoms with Crippen LogP contribution in [-0.4, -0.2) is 18.5 Å². The molecular formula is C15H24N2O. The summed E-state index contributed by atoms with van der Waals surface area (Å²) in [5.41, 5.74) is 7.11. The maximum Gasteiger partial charge on any atom is 0.220 e. The Bertz CT molecular complexity index is 349. The van der Waals surface area contributed by atoms with Gasteiger partial charge >= 0.3 is 0 Å². The van der Waals surface area contributed by atoms with Gasteiger partial charge in [-0.1, -0.05) is 44.2 Å². The lowest BCUT2D eigenvalue weighted by Gasteiger charge is -2.14. The predicted octanol–water partition coefficient (Wildman–Crippen LogP) is 2.11. The fraction of sp³-hybridized carbons (Fsp3) is 0.533. The van der Waals surface area contributed by atoms with Gasteiger partial charge in [0.1, 0.15) is 0 Å². The molecule has 1 unspecified atom stereocenters. The Kier molecular flexibility index (Phi) is 6.44. The van der Waals surface area contributed by atoms with Crippen LogP contribution in [0.2, 0.25) is 0 Å². The van der Waals surface area contributed by atoms with Crippen molar-refractivity contribution in [3.63, 3.8) is 0 Å². The maximum absolute atomic E-state index is 11.6. The first-order valence-corrected chi connectivity index (χ1v) is 6.64. The van der Waals surface area contributed by atoms with Gasteiger partial charge in [-0.05, 0) is 24.3 Å². The highest BCUT2D eigenvalue weighted by Gasteiger charge is 2.07. The van der Waals surface area contributed by atoms with E-state index in [4.69, 9.17) is 5.73 Å². The van der Waals surface area contributed by atoms with Crippen LogP contribution < -0.4 is 11.1 Å². The molecule has 18 heavy (non-hydrogen) atoms. The van der Waals surface area contributed by atoms with Crippen LogP contribution in [0.4, 0.5) is 0 Å². The first-order valence-electron chi connectivity index (χ1n) is 6.64. The fourth-order valence-corrected chi connectivity index (χ4v) is 1.92. The van der Waals surface area contributed by atoms with E-state index in [0.29, 0.717) is 18.9 Å². The minimum atomic E-state index is 0.0608. The van der Waals surface area contributed by atoms with Crippen molar-refractivity contribution in [1.82, 2.24) is 5.32 Å². The average molecular weight is 248 g/mol. The molecule has 0 radical (unpaired) electrons. The molecule has 1 aromatic carbocycles. The number of amides is 1. The normalized spacial score (nSPS) is 12.4. The van der Waals surface area contributed by atoms with Gasteiger partial charge in [0.15, 0.2) is 0 Å². The van der Waals surface area contributed by atoms with Crippen LogP contribution in [0.5, 0.6) is 0 Å². The average Bonchev–Trinajstić information content (AvgIpc) is 2.34. The molecule has 1 rings (SSSR count).